The van der Waals surface area contributed by atoms with Crippen LogP contribution in [0.3, 0.4) is 0 Å². The summed E-state index contributed by atoms with van der Waals surface area (Å²) in [4.78, 5) is 17.0. The topological polar surface area (TPSA) is 56.0 Å². The minimum atomic E-state index is -0.115. The molecule has 0 saturated carbocycles. The summed E-state index contributed by atoms with van der Waals surface area (Å²) in [6.07, 6.45) is 0. The second-order valence-electron chi connectivity index (χ2n) is 5.89. The van der Waals surface area contributed by atoms with Gasteiger partial charge in [0.2, 0.25) is 0 Å². The van der Waals surface area contributed by atoms with Gasteiger partial charge in [-0.05, 0) is 29.0 Å². The number of aromatic nitrogens is 1. The fourth-order valence-corrected chi connectivity index (χ4v) is 2.92. The molecule has 0 fully saturated rings. The Kier molecular flexibility index (Phi) is 3.75. The minimum absolute atomic E-state index is 0.115. The lowest BCUT2D eigenvalue weighted by molar-refractivity contribution is 0.103. The van der Waals surface area contributed by atoms with Crippen molar-refractivity contribution < 1.29 is 4.79 Å². The molecule has 4 aromatic rings. The van der Waals surface area contributed by atoms with Crippen molar-refractivity contribution in [2.75, 3.05) is 5.73 Å². The molecule has 0 aliphatic rings. The number of carbonyl (C=O) groups is 1. The summed E-state index contributed by atoms with van der Waals surface area (Å²) in [6, 6.07) is 27.0. The van der Waals surface area contributed by atoms with Crippen molar-refractivity contribution in [2.45, 2.75) is 0 Å². The number of pyridine rings is 1. The van der Waals surface area contributed by atoms with Gasteiger partial charge in [-0.2, -0.15) is 0 Å². The molecule has 120 valence electrons. The van der Waals surface area contributed by atoms with Crippen molar-refractivity contribution in [3.63, 3.8) is 0 Å². The molecule has 0 aliphatic carbocycles. The van der Waals surface area contributed by atoms with Crippen molar-refractivity contribution in [3.8, 4) is 11.3 Å². The van der Waals surface area contributed by atoms with E-state index in [-0.39, 0.29) is 11.6 Å². The Hall–Kier alpha value is -3.46. The second kappa shape index (κ2) is 6.21. The van der Waals surface area contributed by atoms with Crippen LogP contribution < -0.4 is 5.73 Å². The van der Waals surface area contributed by atoms with Gasteiger partial charge in [0.1, 0.15) is 5.82 Å². The van der Waals surface area contributed by atoms with E-state index in [0.717, 1.165) is 16.6 Å². The van der Waals surface area contributed by atoms with Gasteiger partial charge in [-0.1, -0.05) is 66.7 Å². The summed E-state index contributed by atoms with van der Waals surface area (Å²) in [5.74, 6) is 0.134. The van der Waals surface area contributed by atoms with E-state index in [4.69, 9.17) is 5.73 Å². The highest BCUT2D eigenvalue weighted by atomic mass is 16.1. The lowest BCUT2D eigenvalue weighted by atomic mass is 10.0. The molecule has 0 atom stereocenters. The van der Waals surface area contributed by atoms with E-state index in [0.29, 0.717) is 11.1 Å². The lowest BCUT2D eigenvalue weighted by Crippen LogP contribution is -2.07. The quantitative estimate of drug-likeness (QED) is 0.555. The summed E-state index contributed by atoms with van der Waals surface area (Å²) in [5.41, 5.74) is 8.84. The monoisotopic (exact) mass is 324 g/mol. The van der Waals surface area contributed by atoms with E-state index in [1.807, 2.05) is 42.5 Å². The number of ketones is 1. The molecular formula is C22H16N2O. The molecule has 0 aliphatic heterocycles. The van der Waals surface area contributed by atoms with Crippen molar-refractivity contribution in [3.05, 3.63) is 96.1 Å². The van der Waals surface area contributed by atoms with Crippen molar-refractivity contribution in [1.82, 2.24) is 4.98 Å². The summed E-state index contributed by atoms with van der Waals surface area (Å²) >= 11 is 0. The zero-order valence-corrected chi connectivity index (χ0v) is 13.5. The third kappa shape index (κ3) is 2.88. The smallest absolute Gasteiger partial charge is 0.196 e. The number of hydrogen-bond donors (Lipinski definition) is 1. The number of hydrogen-bond acceptors (Lipinski definition) is 3. The zero-order chi connectivity index (χ0) is 17.2. The molecule has 3 heteroatoms. The number of fused-ring (bicyclic) bond motifs is 1. The van der Waals surface area contributed by atoms with Crippen LogP contribution in [-0.2, 0) is 0 Å². The molecule has 0 radical (unpaired) electrons. The van der Waals surface area contributed by atoms with Crippen LogP contribution >= 0.6 is 0 Å². The predicted octanol–water partition coefficient (Wildman–Crippen LogP) is 4.72. The van der Waals surface area contributed by atoms with Crippen LogP contribution in [0.1, 0.15) is 15.9 Å². The fourth-order valence-electron chi connectivity index (χ4n) is 2.92. The molecule has 0 saturated heterocycles. The first kappa shape index (κ1) is 15.1. The van der Waals surface area contributed by atoms with Crippen LogP contribution in [0.4, 0.5) is 5.82 Å². The highest BCUT2D eigenvalue weighted by Gasteiger charge is 2.14. The molecule has 3 aromatic carbocycles. The van der Waals surface area contributed by atoms with Crippen LogP contribution in [0.2, 0.25) is 0 Å². The van der Waals surface area contributed by atoms with E-state index >= 15 is 0 Å². The van der Waals surface area contributed by atoms with Crippen molar-refractivity contribution >= 4 is 22.4 Å². The molecule has 4 rings (SSSR count). The summed E-state index contributed by atoms with van der Waals surface area (Å²) in [5, 5.41) is 2.32. The molecule has 25 heavy (non-hydrogen) atoms. The number of benzene rings is 3. The van der Waals surface area contributed by atoms with Gasteiger partial charge in [-0.25, -0.2) is 4.98 Å². The SMILES string of the molecule is Nc1nc(-c2ccc3ccccc3c2)ccc1C(=O)c1ccccc1. The molecule has 0 spiro atoms. The first-order valence-electron chi connectivity index (χ1n) is 8.08. The average molecular weight is 324 g/mol. The molecule has 0 bridgehead atoms. The first-order valence-corrected chi connectivity index (χ1v) is 8.08. The Balaban J connectivity index is 1.72. The third-order valence-corrected chi connectivity index (χ3v) is 4.25. The van der Waals surface area contributed by atoms with Crippen molar-refractivity contribution in [1.29, 1.82) is 0 Å². The van der Waals surface area contributed by atoms with Gasteiger partial charge < -0.3 is 5.73 Å². The third-order valence-electron chi connectivity index (χ3n) is 4.25. The summed E-state index contributed by atoms with van der Waals surface area (Å²) in [6.45, 7) is 0. The Bertz CT molecular complexity index is 1070. The Morgan fingerprint density at radius 1 is 0.760 bits per heavy atom. The number of carbonyl (C=O) groups excluding carboxylic acids is 1. The highest BCUT2D eigenvalue weighted by Crippen LogP contribution is 2.25. The van der Waals surface area contributed by atoms with Crippen LogP contribution in [0.5, 0.6) is 0 Å². The number of nitrogens with two attached hydrogens (primary N) is 1. The minimum Gasteiger partial charge on any atom is -0.383 e. The van der Waals surface area contributed by atoms with Gasteiger partial charge >= 0.3 is 0 Å². The van der Waals surface area contributed by atoms with Gasteiger partial charge in [0.05, 0.1) is 11.3 Å². The lowest BCUT2D eigenvalue weighted by Gasteiger charge is -2.08. The molecule has 0 amide bonds. The highest BCUT2D eigenvalue weighted by molar-refractivity contribution is 6.11. The normalized spacial score (nSPS) is 10.7. The molecule has 2 N–H and O–H groups in total. The standard InChI is InChI=1S/C22H16N2O/c23-22-19(21(25)16-7-2-1-3-8-16)12-13-20(24-22)18-11-10-15-6-4-5-9-17(15)14-18/h1-14H,(H2,23,24). The van der Waals surface area contributed by atoms with Gasteiger partial charge in [0.15, 0.2) is 5.78 Å². The molecule has 3 nitrogen and oxygen atoms in total. The molecular weight excluding hydrogens is 308 g/mol. The van der Waals surface area contributed by atoms with E-state index < -0.39 is 0 Å². The number of rotatable bonds is 3. The van der Waals surface area contributed by atoms with Gasteiger partial charge in [0, 0.05) is 11.1 Å². The van der Waals surface area contributed by atoms with Crippen LogP contribution in [0, 0.1) is 0 Å². The van der Waals surface area contributed by atoms with Crippen LogP contribution in [-0.4, -0.2) is 10.8 Å². The van der Waals surface area contributed by atoms with Gasteiger partial charge in [-0.3, -0.25) is 4.79 Å². The Morgan fingerprint density at radius 3 is 2.24 bits per heavy atom. The number of anilines is 1. The van der Waals surface area contributed by atoms with Crippen LogP contribution in [0.25, 0.3) is 22.0 Å². The van der Waals surface area contributed by atoms with Gasteiger partial charge in [-0.15, -0.1) is 0 Å². The Labute approximate surface area is 145 Å². The van der Waals surface area contributed by atoms with E-state index in [2.05, 4.69) is 29.2 Å². The molecule has 1 heterocycles. The number of nitrogens with zero attached hydrogens (tertiary/aromatic N) is 1. The van der Waals surface area contributed by atoms with E-state index in [9.17, 15) is 4.79 Å². The maximum atomic E-state index is 12.6. The second-order valence-corrected chi connectivity index (χ2v) is 5.89. The largest absolute Gasteiger partial charge is 0.383 e. The first-order chi connectivity index (χ1) is 12.2. The van der Waals surface area contributed by atoms with E-state index in [1.165, 1.54) is 5.39 Å². The predicted molar refractivity (Wildman–Crippen MR) is 101 cm³/mol. The summed E-state index contributed by atoms with van der Waals surface area (Å²) < 4.78 is 0. The zero-order valence-electron chi connectivity index (χ0n) is 13.5. The summed E-state index contributed by atoms with van der Waals surface area (Å²) in [7, 11) is 0. The Morgan fingerprint density at radius 2 is 1.48 bits per heavy atom. The van der Waals surface area contributed by atoms with Crippen molar-refractivity contribution in [2.24, 2.45) is 0 Å². The average Bonchev–Trinajstić information content (AvgIpc) is 2.67. The molecule has 1 aromatic heterocycles. The molecule has 0 unspecified atom stereocenters. The van der Waals surface area contributed by atoms with Gasteiger partial charge in [0.25, 0.3) is 0 Å². The van der Waals surface area contributed by atoms with Crippen LogP contribution in [0.15, 0.2) is 84.9 Å². The fraction of sp³-hybridized carbons (Fsp3) is 0. The number of nitrogen functional groups attached to an aromatic ring is 1. The van der Waals surface area contributed by atoms with E-state index in [1.54, 1.807) is 18.2 Å². The maximum Gasteiger partial charge on any atom is 0.196 e. The maximum absolute atomic E-state index is 12.6.